The van der Waals surface area contributed by atoms with Crippen LogP contribution in [0.4, 0.5) is 5.69 Å². The van der Waals surface area contributed by atoms with Crippen molar-refractivity contribution in [2.24, 2.45) is 5.92 Å². The lowest BCUT2D eigenvalue weighted by Crippen LogP contribution is -2.32. The van der Waals surface area contributed by atoms with Crippen molar-refractivity contribution in [3.8, 4) is 0 Å². The van der Waals surface area contributed by atoms with E-state index in [9.17, 15) is 9.59 Å². The van der Waals surface area contributed by atoms with Gasteiger partial charge in [0, 0.05) is 17.6 Å². The van der Waals surface area contributed by atoms with Gasteiger partial charge < -0.3 is 9.73 Å². The number of fused-ring (bicyclic) bond motifs is 1. The van der Waals surface area contributed by atoms with Crippen molar-refractivity contribution in [3.63, 3.8) is 0 Å². The second-order valence-corrected chi connectivity index (χ2v) is 7.60. The molecule has 1 fully saturated rings. The van der Waals surface area contributed by atoms with Crippen LogP contribution in [0.5, 0.6) is 0 Å². The lowest BCUT2D eigenvalue weighted by molar-refractivity contribution is 0.102. The maximum absolute atomic E-state index is 12.5. The summed E-state index contributed by atoms with van der Waals surface area (Å²) in [5.74, 6) is 0.360. The molecule has 1 aromatic heterocycles. The van der Waals surface area contributed by atoms with Crippen molar-refractivity contribution >= 4 is 22.6 Å². The fourth-order valence-electron chi connectivity index (χ4n) is 3.59. The third-order valence-electron chi connectivity index (χ3n) is 5.38. The van der Waals surface area contributed by atoms with E-state index in [0.717, 1.165) is 30.9 Å². The summed E-state index contributed by atoms with van der Waals surface area (Å²) < 4.78 is 5.24. The normalized spacial score (nSPS) is 15.6. The Kier molecular flexibility index (Phi) is 5.26. The number of para-hydroxylation sites is 1. The molecule has 0 aliphatic carbocycles. The first kappa shape index (κ1) is 18.4. The van der Waals surface area contributed by atoms with Crippen LogP contribution in [-0.4, -0.2) is 23.9 Å². The molecule has 28 heavy (non-hydrogen) atoms. The summed E-state index contributed by atoms with van der Waals surface area (Å²) in [6.45, 7) is 5.51. The first-order valence-electron chi connectivity index (χ1n) is 9.74. The van der Waals surface area contributed by atoms with Crippen LogP contribution in [0.25, 0.3) is 11.0 Å². The van der Waals surface area contributed by atoms with E-state index in [1.165, 1.54) is 18.4 Å². The second-order valence-electron chi connectivity index (χ2n) is 7.60. The Balaban J connectivity index is 1.43. The molecule has 1 saturated heterocycles. The predicted molar refractivity (Wildman–Crippen MR) is 111 cm³/mol. The minimum absolute atomic E-state index is 0.00483. The second kappa shape index (κ2) is 7.98. The largest absolute Gasteiger partial charge is 0.422 e. The molecule has 0 saturated carbocycles. The molecule has 0 unspecified atom stereocenters. The lowest BCUT2D eigenvalue weighted by Gasteiger charge is -2.30. The van der Waals surface area contributed by atoms with Crippen LogP contribution in [0, 0.1) is 5.92 Å². The van der Waals surface area contributed by atoms with Gasteiger partial charge in [-0.05, 0) is 61.7 Å². The van der Waals surface area contributed by atoms with E-state index in [1.54, 1.807) is 18.2 Å². The fourth-order valence-corrected chi connectivity index (χ4v) is 3.59. The van der Waals surface area contributed by atoms with Gasteiger partial charge in [0.1, 0.15) is 11.1 Å². The van der Waals surface area contributed by atoms with Crippen molar-refractivity contribution in [1.82, 2.24) is 4.90 Å². The van der Waals surface area contributed by atoms with Crippen LogP contribution in [0.2, 0.25) is 0 Å². The third kappa shape index (κ3) is 4.15. The molecule has 0 atom stereocenters. The number of anilines is 1. The van der Waals surface area contributed by atoms with Gasteiger partial charge in [0.25, 0.3) is 5.91 Å². The van der Waals surface area contributed by atoms with Gasteiger partial charge in [0.15, 0.2) is 0 Å². The first-order chi connectivity index (χ1) is 13.6. The molecular formula is C23H24N2O3. The van der Waals surface area contributed by atoms with Crippen molar-refractivity contribution in [2.45, 2.75) is 26.3 Å². The van der Waals surface area contributed by atoms with Gasteiger partial charge in [0.2, 0.25) is 0 Å². The van der Waals surface area contributed by atoms with Crippen LogP contribution in [-0.2, 0) is 6.54 Å². The zero-order valence-electron chi connectivity index (χ0n) is 16.0. The zero-order chi connectivity index (χ0) is 19.5. The van der Waals surface area contributed by atoms with Gasteiger partial charge in [-0.1, -0.05) is 37.3 Å². The number of carbonyl (C=O) groups is 1. The summed E-state index contributed by atoms with van der Waals surface area (Å²) in [5, 5.41) is 3.51. The minimum Gasteiger partial charge on any atom is -0.422 e. The van der Waals surface area contributed by atoms with Crippen LogP contribution in [0.1, 0.15) is 35.7 Å². The number of rotatable bonds is 4. The molecule has 0 radical (unpaired) electrons. The van der Waals surface area contributed by atoms with E-state index >= 15 is 0 Å². The molecule has 2 aromatic carbocycles. The quantitative estimate of drug-likeness (QED) is 0.691. The molecule has 1 N–H and O–H groups in total. The van der Waals surface area contributed by atoms with E-state index in [-0.39, 0.29) is 5.56 Å². The molecule has 1 amide bonds. The van der Waals surface area contributed by atoms with Gasteiger partial charge in [0.05, 0.1) is 0 Å². The molecule has 5 nitrogen and oxygen atoms in total. The van der Waals surface area contributed by atoms with E-state index in [2.05, 4.69) is 17.1 Å². The highest BCUT2D eigenvalue weighted by molar-refractivity contribution is 6.05. The summed E-state index contributed by atoms with van der Waals surface area (Å²) in [4.78, 5) is 27.1. The lowest BCUT2D eigenvalue weighted by atomic mass is 9.99. The number of amides is 1. The van der Waals surface area contributed by atoms with Crippen molar-refractivity contribution < 1.29 is 9.21 Å². The van der Waals surface area contributed by atoms with Crippen molar-refractivity contribution in [3.05, 3.63) is 76.1 Å². The number of hydrogen-bond donors (Lipinski definition) is 1. The van der Waals surface area contributed by atoms with Gasteiger partial charge in [-0.3, -0.25) is 9.69 Å². The Labute approximate surface area is 164 Å². The average Bonchev–Trinajstić information content (AvgIpc) is 2.70. The van der Waals surface area contributed by atoms with E-state index in [0.29, 0.717) is 11.3 Å². The average molecular weight is 376 g/mol. The number of carbonyl (C=O) groups excluding carboxylic acids is 1. The summed E-state index contributed by atoms with van der Waals surface area (Å²) in [6, 6.07) is 16.5. The number of nitrogens with one attached hydrogen (secondary N) is 1. The predicted octanol–water partition coefficient (Wildman–Crippen LogP) is 4.28. The number of piperidine rings is 1. The third-order valence-corrected chi connectivity index (χ3v) is 5.38. The van der Waals surface area contributed by atoms with Gasteiger partial charge >= 0.3 is 5.63 Å². The van der Waals surface area contributed by atoms with E-state index < -0.39 is 11.5 Å². The van der Waals surface area contributed by atoms with Crippen molar-refractivity contribution in [1.29, 1.82) is 0 Å². The monoisotopic (exact) mass is 376 g/mol. The smallest absolute Gasteiger partial charge is 0.349 e. The molecule has 0 spiro atoms. The summed E-state index contributed by atoms with van der Waals surface area (Å²) >= 11 is 0. The SMILES string of the molecule is CC1CCN(Cc2ccc(NC(=O)c3cc4ccccc4oc3=O)cc2)CC1. The maximum Gasteiger partial charge on any atom is 0.349 e. The summed E-state index contributed by atoms with van der Waals surface area (Å²) in [5.41, 5.74) is 1.73. The summed E-state index contributed by atoms with van der Waals surface area (Å²) in [7, 11) is 0. The molecule has 144 valence electrons. The Morgan fingerprint density at radius 3 is 2.57 bits per heavy atom. The first-order valence-corrected chi connectivity index (χ1v) is 9.74. The Bertz CT molecular complexity index is 1030. The molecule has 4 rings (SSSR count). The number of hydrogen-bond acceptors (Lipinski definition) is 4. The minimum atomic E-state index is -0.632. The highest BCUT2D eigenvalue weighted by Gasteiger charge is 2.16. The summed E-state index contributed by atoms with van der Waals surface area (Å²) in [6.07, 6.45) is 2.50. The molecule has 5 heteroatoms. The van der Waals surface area contributed by atoms with E-state index in [1.807, 2.05) is 36.4 Å². The Morgan fingerprint density at radius 1 is 1.11 bits per heavy atom. The number of benzene rings is 2. The Hall–Kier alpha value is -2.92. The van der Waals surface area contributed by atoms with Crippen LogP contribution < -0.4 is 10.9 Å². The number of nitrogens with zero attached hydrogens (tertiary/aromatic N) is 1. The molecule has 1 aliphatic heterocycles. The topological polar surface area (TPSA) is 62.6 Å². The number of likely N-dealkylation sites (tertiary alicyclic amines) is 1. The van der Waals surface area contributed by atoms with Crippen LogP contribution in [0.3, 0.4) is 0 Å². The van der Waals surface area contributed by atoms with Gasteiger partial charge in [-0.15, -0.1) is 0 Å². The molecule has 1 aliphatic rings. The molecular weight excluding hydrogens is 352 g/mol. The standard InChI is InChI=1S/C23H24N2O3/c1-16-10-12-25(13-11-16)15-17-6-8-19(9-7-17)24-22(26)20-14-18-4-2-3-5-21(18)28-23(20)27/h2-9,14,16H,10-13,15H2,1H3,(H,24,26). The van der Waals surface area contributed by atoms with Crippen LogP contribution in [0.15, 0.2) is 63.8 Å². The highest BCUT2D eigenvalue weighted by Crippen LogP contribution is 2.19. The van der Waals surface area contributed by atoms with E-state index in [4.69, 9.17) is 4.42 Å². The van der Waals surface area contributed by atoms with Gasteiger partial charge in [-0.25, -0.2) is 4.79 Å². The van der Waals surface area contributed by atoms with Crippen LogP contribution >= 0.6 is 0 Å². The molecule has 3 aromatic rings. The molecule has 0 bridgehead atoms. The van der Waals surface area contributed by atoms with Gasteiger partial charge in [-0.2, -0.15) is 0 Å². The fraction of sp³-hybridized carbons (Fsp3) is 0.304. The Morgan fingerprint density at radius 2 is 1.82 bits per heavy atom. The zero-order valence-corrected chi connectivity index (χ0v) is 16.0. The molecule has 2 heterocycles. The maximum atomic E-state index is 12.5. The highest BCUT2D eigenvalue weighted by atomic mass is 16.4. The van der Waals surface area contributed by atoms with Crippen molar-refractivity contribution in [2.75, 3.05) is 18.4 Å².